The number of furan rings is 1. The zero-order valence-corrected chi connectivity index (χ0v) is 17.5. The maximum Gasteiger partial charge on any atom is 0.475 e. The third-order valence-electron chi connectivity index (χ3n) is 4.75. The molecule has 1 heterocycles. The first-order chi connectivity index (χ1) is 14.3. The van der Waals surface area contributed by atoms with E-state index >= 15 is 0 Å². The number of benzene rings is 2. The van der Waals surface area contributed by atoms with Crippen molar-refractivity contribution in [3.05, 3.63) is 65.9 Å². The van der Waals surface area contributed by atoms with Crippen molar-refractivity contribution in [1.29, 1.82) is 0 Å². The van der Waals surface area contributed by atoms with Crippen molar-refractivity contribution < 1.29 is 28.2 Å². The van der Waals surface area contributed by atoms with Crippen molar-refractivity contribution in [2.24, 2.45) is 4.36 Å². The SMILES string of the molecule is CN=S(C)(=O)c1ccccc1COC(=O)NC(Cc1coc2ccccc12)B(O)O. The van der Waals surface area contributed by atoms with Gasteiger partial charge in [-0.1, -0.05) is 36.4 Å². The number of amides is 1. The summed E-state index contributed by atoms with van der Waals surface area (Å²) in [6.07, 6.45) is 2.35. The summed E-state index contributed by atoms with van der Waals surface area (Å²) >= 11 is 0. The van der Waals surface area contributed by atoms with E-state index in [1.165, 1.54) is 19.6 Å². The molecular weight excluding hydrogens is 407 g/mol. The first-order valence-corrected chi connectivity index (χ1v) is 11.2. The predicted octanol–water partition coefficient (Wildman–Crippen LogP) is 2.37. The highest BCUT2D eigenvalue weighted by atomic mass is 32.2. The van der Waals surface area contributed by atoms with E-state index in [4.69, 9.17) is 9.15 Å². The zero-order chi connectivity index (χ0) is 21.7. The van der Waals surface area contributed by atoms with Crippen LogP contribution in [-0.2, 0) is 27.5 Å². The van der Waals surface area contributed by atoms with Gasteiger partial charge in [-0.05, 0) is 24.1 Å². The number of alkyl carbamates (subject to hydrolysis) is 1. The second-order valence-corrected chi connectivity index (χ2v) is 9.20. The van der Waals surface area contributed by atoms with E-state index in [2.05, 4.69) is 9.68 Å². The average molecular weight is 430 g/mol. The van der Waals surface area contributed by atoms with Gasteiger partial charge >= 0.3 is 13.2 Å². The first-order valence-electron chi connectivity index (χ1n) is 9.24. The highest BCUT2D eigenvalue weighted by Gasteiger charge is 2.27. The summed E-state index contributed by atoms with van der Waals surface area (Å²) in [5, 5.41) is 22.7. The summed E-state index contributed by atoms with van der Waals surface area (Å²) in [6, 6.07) is 14.2. The lowest BCUT2D eigenvalue weighted by Gasteiger charge is -2.18. The Balaban J connectivity index is 1.68. The van der Waals surface area contributed by atoms with Gasteiger partial charge in [-0.25, -0.2) is 13.4 Å². The minimum atomic E-state index is -2.60. The molecule has 3 rings (SSSR count). The third-order valence-corrected chi connectivity index (χ3v) is 6.66. The second-order valence-electron chi connectivity index (χ2n) is 6.79. The fourth-order valence-corrected chi connectivity index (χ4v) is 4.23. The van der Waals surface area contributed by atoms with E-state index < -0.39 is 28.9 Å². The van der Waals surface area contributed by atoms with Gasteiger partial charge in [0.2, 0.25) is 0 Å². The van der Waals surface area contributed by atoms with Gasteiger partial charge in [-0.2, -0.15) is 0 Å². The molecule has 2 atom stereocenters. The van der Waals surface area contributed by atoms with Crippen molar-refractivity contribution in [3.63, 3.8) is 0 Å². The van der Waals surface area contributed by atoms with Crippen molar-refractivity contribution in [2.45, 2.75) is 23.9 Å². The molecule has 0 radical (unpaired) electrons. The van der Waals surface area contributed by atoms with Crippen LogP contribution < -0.4 is 5.32 Å². The topological polar surface area (TPSA) is 121 Å². The number of rotatable bonds is 7. The molecule has 10 heteroatoms. The number of nitrogens with one attached hydrogen (secondary N) is 1. The van der Waals surface area contributed by atoms with E-state index in [9.17, 15) is 19.1 Å². The Bertz CT molecular complexity index is 1150. The molecule has 2 unspecified atom stereocenters. The van der Waals surface area contributed by atoms with E-state index in [1.807, 2.05) is 18.2 Å². The molecule has 0 fully saturated rings. The van der Waals surface area contributed by atoms with Crippen molar-refractivity contribution in [2.75, 3.05) is 13.3 Å². The average Bonchev–Trinajstić information content (AvgIpc) is 3.15. The molecule has 3 aromatic rings. The molecule has 3 N–H and O–H groups in total. The molecular formula is C20H23BN2O6S. The highest BCUT2D eigenvalue weighted by molar-refractivity contribution is 7.93. The maximum atomic E-state index is 12.6. The molecule has 0 aliphatic heterocycles. The van der Waals surface area contributed by atoms with Gasteiger partial charge in [0.05, 0.1) is 26.8 Å². The molecule has 0 aliphatic rings. The Morgan fingerprint density at radius 2 is 1.90 bits per heavy atom. The summed E-state index contributed by atoms with van der Waals surface area (Å²) < 4.78 is 27.2. The van der Waals surface area contributed by atoms with Crippen LogP contribution in [0, 0.1) is 0 Å². The molecule has 0 aliphatic carbocycles. The smallest absolute Gasteiger partial charge is 0.464 e. The van der Waals surface area contributed by atoms with Gasteiger partial charge in [0, 0.05) is 24.3 Å². The minimum absolute atomic E-state index is 0.134. The quantitative estimate of drug-likeness (QED) is 0.495. The fourth-order valence-electron chi connectivity index (χ4n) is 3.09. The lowest BCUT2D eigenvalue weighted by molar-refractivity contribution is 0.136. The number of nitrogens with zero attached hydrogens (tertiary/aromatic N) is 1. The van der Waals surface area contributed by atoms with Crippen LogP contribution >= 0.6 is 0 Å². The molecule has 2 aromatic carbocycles. The number of para-hydroxylation sites is 1. The Hall–Kier alpha value is -2.82. The normalized spacial score (nSPS) is 14.0. The van der Waals surface area contributed by atoms with Crippen LogP contribution in [0.3, 0.4) is 0 Å². The summed E-state index contributed by atoms with van der Waals surface area (Å²) in [4.78, 5) is 12.8. The van der Waals surface area contributed by atoms with Gasteiger partial charge in [-0.15, -0.1) is 0 Å². The summed E-state index contributed by atoms with van der Waals surface area (Å²) in [7, 11) is -2.92. The van der Waals surface area contributed by atoms with Gasteiger partial charge in [0.1, 0.15) is 12.2 Å². The molecule has 30 heavy (non-hydrogen) atoms. The minimum Gasteiger partial charge on any atom is -0.464 e. The van der Waals surface area contributed by atoms with E-state index in [0.29, 0.717) is 16.0 Å². The van der Waals surface area contributed by atoms with Crippen LogP contribution in [0.2, 0.25) is 0 Å². The van der Waals surface area contributed by atoms with Crippen LogP contribution in [0.15, 0.2) is 68.5 Å². The molecule has 0 spiro atoms. The summed E-state index contributed by atoms with van der Waals surface area (Å²) in [5.74, 6) is -1.00. The molecule has 1 amide bonds. The van der Waals surface area contributed by atoms with Crippen molar-refractivity contribution in [1.82, 2.24) is 5.32 Å². The lowest BCUT2D eigenvalue weighted by Crippen LogP contribution is -2.48. The standard InChI is InChI=1S/C20H23BN2O6S/c1-22-30(2,27)18-10-6-3-7-14(18)12-29-20(24)23-19(21(25)26)11-15-13-28-17-9-5-4-8-16(15)17/h3-10,13,19,25-26H,11-12H2,1-2H3,(H,23,24). The Labute approximate surface area is 175 Å². The molecule has 1 aromatic heterocycles. The Morgan fingerprint density at radius 1 is 1.20 bits per heavy atom. The van der Waals surface area contributed by atoms with Crippen LogP contribution in [-0.4, -0.2) is 46.7 Å². The van der Waals surface area contributed by atoms with Crippen LogP contribution in [0.25, 0.3) is 11.0 Å². The largest absolute Gasteiger partial charge is 0.475 e. The van der Waals surface area contributed by atoms with Crippen LogP contribution in [0.1, 0.15) is 11.1 Å². The Kier molecular flexibility index (Phi) is 6.81. The predicted molar refractivity (Wildman–Crippen MR) is 114 cm³/mol. The van der Waals surface area contributed by atoms with Gasteiger partial charge < -0.3 is 24.5 Å². The van der Waals surface area contributed by atoms with E-state index in [0.717, 1.165) is 10.9 Å². The van der Waals surface area contributed by atoms with E-state index in [1.54, 1.807) is 30.3 Å². The van der Waals surface area contributed by atoms with Crippen molar-refractivity contribution in [3.8, 4) is 0 Å². The molecule has 0 saturated heterocycles. The molecule has 158 valence electrons. The molecule has 0 bridgehead atoms. The van der Waals surface area contributed by atoms with Gasteiger partial charge in [0.25, 0.3) is 0 Å². The van der Waals surface area contributed by atoms with Crippen LogP contribution in [0.4, 0.5) is 4.79 Å². The van der Waals surface area contributed by atoms with E-state index in [-0.39, 0.29) is 13.0 Å². The highest BCUT2D eigenvalue weighted by Crippen LogP contribution is 2.22. The number of fused-ring (bicyclic) bond motifs is 1. The molecule has 8 nitrogen and oxygen atoms in total. The third kappa shape index (κ3) is 5.02. The van der Waals surface area contributed by atoms with Gasteiger partial charge in [0.15, 0.2) is 0 Å². The van der Waals surface area contributed by atoms with Gasteiger partial charge in [-0.3, -0.25) is 0 Å². The zero-order valence-electron chi connectivity index (χ0n) is 16.6. The summed E-state index contributed by atoms with van der Waals surface area (Å²) in [5.41, 5.74) is 1.96. The number of hydrogen-bond acceptors (Lipinski definition) is 7. The number of ether oxygens (including phenoxy) is 1. The Morgan fingerprint density at radius 3 is 2.63 bits per heavy atom. The van der Waals surface area contributed by atoms with Crippen molar-refractivity contribution >= 4 is 33.9 Å². The number of hydrogen-bond donors (Lipinski definition) is 3. The maximum absolute atomic E-state index is 12.6. The fraction of sp³-hybridized carbons (Fsp3) is 0.250. The van der Waals surface area contributed by atoms with Crippen LogP contribution in [0.5, 0.6) is 0 Å². The second kappa shape index (κ2) is 9.33. The lowest BCUT2D eigenvalue weighted by atomic mass is 9.76. The monoisotopic (exact) mass is 430 g/mol. The summed E-state index contributed by atoms with van der Waals surface area (Å²) in [6.45, 7) is -0.134. The number of carbonyl (C=O) groups is 1. The molecule has 0 saturated carbocycles. The first kappa shape index (κ1) is 21.9. The number of carbonyl (C=O) groups excluding carboxylic acids is 1.